The van der Waals surface area contributed by atoms with Crippen LogP contribution in [0.1, 0.15) is 35.5 Å². The average molecular weight is 564 g/mol. The number of piperazine rings is 1. The standard InChI is InChI=1S/C30H37N5O4S/c1-21(2)18-35(29(38)23-9-11-25(39-4)12-10-23)19-27(36)32-30-31-24(20-40-30)17-28(37)34-15-13-33(14-16-34)26-8-6-5-7-22(26)3/h5-12,20-21H,13-19H2,1-4H3,(H,31,32,36). The molecular formula is C30H37N5O4S. The number of carbonyl (C=O) groups excluding carboxylic acids is 3. The van der Waals surface area contributed by atoms with Crippen LogP contribution in [0.5, 0.6) is 5.75 Å². The Morgan fingerprint density at radius 2 is 1.75 bits per heavy atom. The number of aryl methyl sites for hydroxylation is 1. The molecule has 0 radical (unpaired) electrons. The first-order chi connectivity index (χ1) is 19.2. The highest BCUT2D eigenvalue weighted by Crippen LogP contribution is 2.22. The number of nitrogens with one attached hydrogen (secondary N) is 1. The summed E-state index contributed by atoms with van der Waals surface area (Å²) >= 11 is 1.28. The third-order valence-electron chi connectivity index (χ3n) is 6.76. The Morgan fingerprint density at radius 3 is 2.40 bits per heavy atom. The largest absolute Gasteiger partial charge is 0.497 e. The third-order valence-corrected chi connectivity index (χ3v) is 7.57. The molecule has 2 aromatic carbocycles. The summed E-state index contributed by atoms with van der Waals surface area (Å²) in [4.78, 5) is 49.1. The molecule has 0 atom stereocenters. The average Bonchev–Trinajstić information content (AvgIpc) is 3.38. The molecule has 0 unspecified atom stereocenters. The van der Waals surface area contributed by atoms with Crippen molar-refractivity contribution in [3.63, 3.8) is 0 Å². The molecule has 0 aliphatic carbocycles. The van der Waals surface area contributed by atoms with E-state index in [2.05, 4.69) is 34.3 Å². The molecule has 1 aliphatic heterocycles. The maximum atomic E-state index is 13.1. The van der Waals surface area contributed by atoms with E-state index in [0.29, 0.717) is 41.8 Å². The number of hydrogen-bond donors (Lipinski definition) is 1. The van der Waals surface area contributed by atoms with Crippen molar-refractivity contribution < 1.29 is 19.1 Å². The number of benzene rings is 2. The van der Waals surface area contributed by atoms with Gasteiger partial charge in [0.2, 0.25) is 11.8 Å². The van der Waals surface area contributed by atoms with Gasteiger partial charge in [-0.15, -0.1) is 11.3 Å². The van der Waals surface area contributed by atoms with Gasteiger partial charge in [-0.1, -0.05) is 32.0 Å². The van der Waals surface area contributed by atoms with Crippen LogP contribution in [0.3, 0.4) is 0 Å². The number of rotatable bonds is 10. The molecule has 9 nitrogen and oxygen atoms in total. The van der Waals surface area contributed by atoms with Gasteiger partial charge < -0.3 is 24.8 Å². The molecule has 4 rings (SSSR count). The van der Waals surface area contributed by atoms with Crippen molar-refractivity contribution in [2.75, 3.05) is 56.6 Å². The monoisotopic (exact) mass is 563 g/mol. The highest BCUT2D eigenvalue weighted by Gasteiger charge is 2.24. The van der Waals surface area contributed by atoms with Gasteiger partial charge in [0.25, 0.3) is 5.91 Å². The van der Waals surface area contributed by atoms with Crippen LogP contribution in [-0.4, -0.2) is 78.9 Å². The van der Waals surface area contributed by atoms with Gasteiger partial charge >= 0.3 is 0 Å². The number of hydrogen-bond acceptors (Lipinski definition) is 7. The zero-order chi connectivity index (χ0) is 28.6. The predicted molar refractivity (Wildman–Crippen MR) is 158 cm³/mol. The maximum absolute atomic E-state index is 13.1. The fraction of sp³-hybridized carbons (Fsp3) is 0.400. The zero-order valence-electron chi connectivity index (χ0n) is 23.6. The van der Waals surface area contributed by atoms with E-state index in [1.54, 1.807) is 36.8 Å². The molecule has 1 saturated heterocycles. The van der Waals surface area contributed by atoms with Gasteiger partial charge in [-0.2, -0.15) is 0 Å². The summed E-state index contributed by atoms with van der Waals surface area (Å²) in [5.41, 5.74) is 3.56. The Kier molecular flexibility index (Phi) is 9.76. The summed E-state index contributed by atoms with van der Waals surface area (Å²) in [6.07, 6.45) is 0.187. The number of para-hydroxylation sites is 1. The van der Waals surface area contributed by atoms with Gasteiger partial charge in [-0.3, -0.25) is 14.4 Å². The fourth-order valence-corrected chi connectivity index (χ4v) is 5.46. The van der Waals surface area contributed by atoms with E-state index in [1.807, 2.05) is 30.9 Å². The first-order valence-electron chi connectivity index (χ1n) is 13.5. The van der Waals surface area contributed by atoms with E-state index in [1.165, 1.54) is 27.5 Å². The minimum absolute atomic E-state index is 0.0285. The second-order valence-electron chi connectivity index (χ2n) is 10.3. The van der Waals surface area contributed by atoms with Crippen molar-refractivity contribution in [3.05, 3.63) is 70.7 Å². The zero-order valence-corrected chi connectivity index (χ0v) is 24.4. The smallest absolute Gasteiger partial charge is 0.254 e. The lowest BCUT2D eigenvalue weighted by molar-refractivity contribution is -0.130. The molecule has 0 saturated carbocycles. The Labute approximate surface area is 239 Å². The van der Waals surface area contributed by atoms with Crippen LogP contribution in [0.4, 0.5) is 10.8 Å². The third kappa shape index (κ3) is 7.59. The van der Waals surface area contributed by atoms with Crippen molar-refractivity contribution in [2.24, 2.45) is 5.92 Å². The highest BCUT2D eigenvalue weighted by atomic mass is 32.1. The fourth-order valence-electron chi connectivity index (χ4n) is 4.74. The Bertz CT molecular complexity index is 1320. The van der Waals surface area contributed by atoms with Crippen molar-refractivity contribution in [1.29, 1.82) is 0 Å². The molecule has 1 fully saturated rings. The van der Waals surface area contributed by atoms with Crippen molar-refractivity contribution in [2.45, 2.75) is 27.2 Å². The number of ether oxygens (including phenoxy) is 1. The van der Waals surface area contributed by atoms with Gasteiger partial charge in [0.15, 0.2) is 5.13 Å². The Morgan fingerprint density at radius 1 is 1.05 bits per heavy atom. The predicted octanol–water partition coefficient (Wildman–Crippen LogP) is 4.09. The minimum atomic E-state index is -0.331. The van der Waals surface area contributed by atoms with Gasteiger partial charge in [-0.05, 0) is 48.7 Å². The molecule has 2 heterocycles. The quantitative estimate of drug-likeness (QED) is 0.399. The normalized spacial score (nSPS) is 13.3. The first kappa shape index (κ1) is 29.1. The van der Waals surface area contributed by atoms with Gasteiger partial charge in [0, 0.05) is 49.4 Å². The number of nitrogens with zero attached hydrogens (tertiary/aromatic N) is 4. The van der Waals surface area contributed by atoms with E-state index in [0.717, 1.165) is 13.1 Å². The second-order valence-corrected chi connectivity index (χ2v) is 11.2. The van der Waals surface area contributed by atoms with E-state index < -0.39 is 0 Å². The van der Waals surface area contributed by atoms with Gasteiger partial charge in [0.1, 0.15) is 12.3 Å². The highest BCUT2D eigenvalue weighted by molar-refractivity contribution is 7.13. The topological polar surface area (TPSA) is 95.1 Å². The number of amides is 3. The van der Waals surface area contributed by atoms with Crippen LogP contribution < -0.4 is 15.0 Å². The molecule has 3 amide bonds. The molecule has 10 heteroatoms. The van der Waals surface area contributed by atoms with Gasteiger partial charge in [0.05, 0.1) is 19.2 Å². The van der Waals surface area contributed by atoms with Crippen LogP contribution in [0.2, 0.25) is 0 Å². The van der Waals surface area contributed by atoms with Crippen molar-refractivity contribution in [1.82, 2.24) is 14.8 Å². The first-order valence-corrected chi connectivity index (χ1v) is 14.4. The molecule has 0 spiro atoms. The van der Waals surface area contributed by atoms with Crippen molar-refractivity contribution >= 4 is 39.9 Å². The molecule has 1 aromatic heterocycles. The molecule has 0 bridgehead atoms. The Balaban J connectivity index is 1.29. The van der Waals surface area contributed by atoms with Crippen LogP contribution in [-0.2, 0) is 16.0 Å². The number of anilines is 2. The molecular weight excluding hydrogens is 526 g/mol. The van der Waals surface area contributed by atoms with Crippen LogP contribution in [0, 0.1) is 12.8 Å². The molecule has 3 aromatic rings. The number of aromatic nitrogens is 1. The Hall–Kier alpha value is -3.92. The lowest BCUT2D eigenvalue weighted by Gasteiger charge is -2.36. The number of methoxy groups -OCH3 is 1. The molecule has 1 N–H and O–H groups in total. The summed E-state index contributed by atoms with van der Waals surface area (Å²) in [6.45, 7) is 9.34. The SMILES string of the molecule is COc1ccc(C(=O)N(CC(=O)Nc2nc(CC(=O)N3CCN(c4ccccc4C)CC3)cs2)CC(C)C)cc1. The summed E-state index contributed by atoms with van der Waals surface area (Å²) in [6, 6.07) is 15.1. The van der Waals surface area contributed by atoms with E-state index >= 15 is 0 Å². The minimum Gasteiger partial charge on any atom is -0.497 e. The van der Waals surface area contributed by atoms with Crippen LogP contribution in [0.15, 0.2) is 53.9 Å². The molecule has 1 aliphatic rings. The van der Waals surface area contributed by atoms with E-state index in [-0.39, 0.29) is 36.6 Å². The van der Waals surface area contributed by atoms with Crippen molar-refractivity contribution in [3.8, 4) is 5.75 Å². The lowest BCUT2D eigenvalue weighted by Crippen LogP contribution is -2.49. The summed E-state index contributed by atoms with van der Waals surface area (Å²) < 4.78 is 5.17. The molecule has 212 valence electrons. The molecule has 40 heavy (non-hydrogen) atoms. The van der Waals surface area contributed by atoms with Crippen LogP contribution in [0.25, 0.3) is 0 Å². The summed E-state index contributed by atoms with van der Waals surface area (Å²) in [5.74, 6) is 0.320. The number of thiazole rings is 1. The van der Waals surface area contributed by atoms with E-state index in [9.17, 15) is 14.4 Å². The van der Waals surface area contributed by atoms with Gasteiger partial charge in [-0.25, -0.2) is 4.98 Å². The second kappa shape index (κ2) is 13.4. The summed E-state index contributed by atoms with van der Waals surface area (Å²) in [7, 11) is 1.57. The number of carbonyl (C=O) groups is 3. The lowest BCUT2D eigenvalue weighted by atomic mass is 10.1. The van der Waals surface area contributed by atoms with E-state index in [4.69, 9.17) is 4.74 Å². The van der Waals surface area contributed by atoms with Crippen LogP contribution >= 0.6 is 11.3 Å². The summed E-state index contributed by atoms with van der Waals surface area (Å²) in [5, 5.41) is 5.01. The maximum Gasteiger partial charge on any atom is 0.254 e.